The van der Waals surface area contributed by atoms with Crippen molar-refractivity contribution in [3.63, 3.8) is 0 Å². The zero-order valence-electron chi connectivity index (χ0n) is 13.9. The van der Waals surface area contributed by atoms with Crippen molar-refractivity contribution < 1.29 is 0 Å². The van der Waals surface area contributed by atoms with Gasteiger partial charge in [0.15, 0.2) is 5.13 Å². The van der Waals surface area contributed by atoms with E-state index in [1.807, 2.05) is 18.2 Å². The highest BCUT2D eigenvalue weighted by Gasteiger charge is 2.21. The van der Waals surface area contributed by atoms with Gasteiger partial charge in [-0.2, -0.15) is 0 Å². The first kappa shape index (κ1) is 15.7. The number of anilines is 2. The molecule has 5 heteroatoms. The third-order valence-electron chi connectivity index (χ3n) is 4.59. The number of benzene rings is 2. The van der Waals surface area contributed by atoms with Gasteiger partial charge in [-0.3, -0.25) is 0 Å². The normalized spacial score (nSPS) is 15.3. The third-order valence-corrected chi connectivity index (χ3v) is 5.91. The first-order chi connectivity index (χ1) is 11.6. The van der Waals surface area contributed by atoms with Crippen molar-refractivity contribution in [2.45, 2.75) is 13.8 Å². The standard InChI is InChI=1S/C19H20ClN3S/c1-13-3-4-14(2)17(11-13)22-7-9-23(10-8-22)19-21-16-6-5-15(20)12-18(16)24-19/h3-6,11-12H,7-10H2,1-2H3. The van der Waals surface area contributed by atoms with E-state index in [9.17, 15) is 0 Å². The Hall–Kier alpha value is -1.78. The van der Waals surface area contributed by atoms with Gasteiger partial charge in [-0.05, 0) is 49.2 Å². The van der Waals surface area contributed by atoms with Crippen molar-refractivity contribution in [2.24, 2.45) is 0 Å². The lowest BCUT2D eigenvalue weighted by molar-refractivity contribution is 0.651. The lowest BCUT2D eigenvalue weighted by Gasteiger charge is -2.36. The molecule has 0 bridgehead atoms. The Morgan fingerprint density at radius 2 is 1.71 bits per heavy atom. The van der Waals surface area contributed by atoms with Crippen molar-refractivity contribution in [2.75, 3.05) is 36.0 Å². The van der Waals surface area contributed by atoms with Crippen LogP contribution in [0.2, 0.25) is 5.02 Å². The fraction of sp³-hybridized carbons (Fsp3) is 0.316. The van der Waals surface area contributed by atoms with Crippen LogP contribution in [0.25, 0.3) is 10.2 Å². The number of halogens is 1. The molecule has 1 saturated heterocycles. The van der Waals surface area contributed by atoms with E-state index in [0.29, 0.717) is 0 Å². The molecule has 0 aliphatic carbocycles. The van der Waals surface area contributed by atoms with E-state index in [4.69, 9.17) is 16.6 Å². The Balaban J connectivity index is 1.51. The van der Waals surface area contributed by atoms with Crippen LogP contribution >= 0.6 is 22.9 Å². The molecule has 0 amide bonds. The van der Waals surface area contributed by atoms with Crippen LogP contribution in [0.4, 0.5) is 10.8 Å². The van der Waals surface area contributed by atoms with Crippen molar-refractivity contribution in [3.8, 4) is 0 Å². The number of fused-ring (bicyclic) bond motifs is 1. The van der Waals surface area contributed by atoms with E-state index in [1.165, 1.54) is 16.8 Å². The highest BCUT2D eigenvalue weighted by atomic mass is 35.5. The molecule has 1 aromatic heterocycles. The van der Waals surface area contributed by atoms with Crippen LogP contribution in [0.15, 0.2) is 36.4 Å². The second-order valence-electron chi connectivity index (χ2n) is 6.37. The molecule has 0 spiro atoms. The molecule has 1 aliphatic heterocycles. The van der Waals surface area contributed by atoms with Crippen LogP contribution < -0.4 is 9.80 Å². The highest BCUT2D eigenvalue weighted by molar-refractivity contribution is 7.22. The van der Waals surface area contributed by atoms with Crippen molar-refractivity contribution in [1.29, 1.82) is 0 Å². The molecular formula is C19H20ClN3S. The minimum atomic E-state index is 0.775. The van der Waals surface area contributed by atoms with Gasteiger partial charge in [-0.1, -0.05) is 35.1 Å². The maximum atomic E-state index is 6.09. The molecule has 4 rings (SSSR count). The highest BCUT2D eigenvalue weighted by Crippen LogP contribution is 2.32. The molecular weight excluding hydrogens is 338 g/mol. The summed E-state index contributed by atoms with van der Waals surface area (Å²) in [6.45, 7) is 8.41. The Labute approximate surface area is 151 Å². The fourth-order valence-electron chi connectivity index (χ4n) is 3.22. The van der Waals surface area contributed by atoms with Crippen LogP contribution in [-0.2, 0) is 0 Å². The van der Waals surface area contributed by atoms with Crippen LogP contribution in [0.1, 0.15) is 11.1 Å². The molecule has 3 nitrogen and oxygen atoms in total. The number of hydrogen-bond donors (Lipinski definition) is 0. The largest absolute Gasteiger partial charge is 0.368 e. The van der Waals surface area contributed by atoms with E-state index < -0.39 is 0 Å². The van der Waals surface area contributed by atoms with Crippen LogP contribution in [0.3, 0.4) is 0 Å². The minimum absolute atomic E-state index is 0.775. The van der Waals surface area contributed by atoms with Crippen LogP contribution in [0, 0.1) is 13.8 Å². The van der Waals surface area contributed by atoms with Gasteiger partial charge in [0.25, 0.3) is 0 Å². The van der Waals surface area contributed by atoms with Gasteiger partial charge in [-0.25, -0.2) is 4.98 Å². The molecule has 3 aromatic rings. The number of aromatic nitrogens is 1. The number of rotatable bonds is 2. The summed E-state index contributed by atoms with van der Waals surface area (Å²) in [6, 6.07) is 12.6. The summed E-state index contributed by atoms with van der Waals surface area (Å²) >= 11 is 7.82. The van der Waals surface area contributed by atoms with Crippen LogP contribution in [0.5, 0.6) is 0 Å². The fourth-order valence-corrected chi connectivity index (χ4v) is 4.51. The quantitative estimate of drug-likeness (QED) is 0.650. The van der Waals surface area contributed by atoms with Gasteiger partial charge < -0.3 is 9.80 Å². The first-order valence-electron chi connectivity index (χ1n) is 8.23. The zero-order chi connectivity index (χ0) is 16.7. The average molecular weight is 358 g/mol. The van der Waals surface area contributed by atoms with E-state index >= 15 is 0 Å². The average Bonchev–Trinajstić information content (AvgIpc) is 3.00. The molecule has 0 radical (unpaired) electrons. The SMILES string of the molecule is Cc1ccc(C)c(N2CCN(c3nc4ccc(Cl)cc4s3)CC2)c1. The Kier molecular flexibility index (Phi) is 4.10. The topological polar surface area (TPSA) is 19.4 Å². The number of nitrogens with zero attached hydrogens (tertiary/aromatic N) is 3. The van der Waals surface area contributed by atoms with Gasteiger partial charge in [0.1, 0.15) is 0 Å². The molecule has 1 fully saturated rings. The number of hydrogen-bond acceptors (Lipinski definition) is 4. The maximum absolute atomic E-state index is 6.09. The number of thiazole rings is 1. The van der Waals surface area contributed by atoms with Crippen molar-refractivity contribution in [1.82, 2.24) is 4.98 Å². The van der Waals surface area contributed by atoms with Crippen molar-refractivity contribution in [3.05, 3.63) is 52.5 Å². The number of aryl methyl sites for hydroxylation is 2. The van der Waals surface area contributed by atoms with E-state index in [-0.39, 0.29) is 0 Å². The van der Waals surface area contributed by atoms with E-state index in [2.05, 4.69) is 41.8 Å². The van der Waals surface area contributed by atoms with E-state index in [1.54, 1.807) is 11.3 Å². The Morgan fingerprint density at radius 1 is 0.958 bits per heavy atom. The van der Waals surface area contributed by atoms with Crippen molar-refractivity contribution >= 4 is 44.0 Å². The molecule has 1 aliphatic rings. The van der Waals surface area contributed by atoms with Gasteiger partial charge in [-0.15, -0.1) is 0 Å². The Morgan fingerprint density at radius 3 is 2.50 bits per heavy atom. The minimum Gasteiger partial charge on any atom is -0.368 e. The molecule has 2 heterocycles. The summed E-state index contributed by atoms with van der Waals surface area (Å²) in [6.07, 6.45) is 0. The summed E-state index contributed by atoms with van der Waals surface area (Å²) in [4.78, 5) is 9.65. The van der Waals surface area contributed by atoms with Gasteiger partial charge in [0, 0.05) is 36.9 Å². The molecule has 0 saturated carbocycles. The van der Waals surface area contributed by atoms with Gasteiger partial charge in [0.05, 0.1) is 10.2 Å². The summed E-state index contributed by atoms with van der Waals surface area (Å²) in [5, 5.41) is 1.88. The van der Waals surface area contributed by atoms with E-state index in [0.717, 1.165) is 46.5 Å². The lowest BCUT2D eigenvalue weighted by Crippen LogP contribution is -2.46. The predicted octanol–water partition coefficient (Wildman–Crippen LogP) is 4.89. The molecule has 0 atom stereocenters. The number of piperazine rings is 1. The molecule has 124 valence electrons. The summed E-state index contributed by atoms with van der Waals surface area (Å²) < 4.78 is 1.16. The predicted molar refractivity (Wildman–Crippen MR) is 105 cm³/mol. The maximum Gasteiger partial charge on any atom is 0.186 e. The third kappa shape index (κ3) is 2.96. The second-order valence-corrected chi connectivity index (χ2v) is 7.82. The molecule has 24 heavy (non-hydrogen) atoms. The second kappa shape index (κ2) is 6.26. The Bertz CT molecular complexity index is 881. The van der Waals surface area contributed by atoms with Gasteiger partial charge >= 0.3 is 0 Å². The molecule has 0 N–H and O–H groups in total. The first-order valence-corrected chi connectivity index (χ1v) is 9.43. The van der Waals surface area contributed by atoms with Crippen LogP contribution in [-0.4, -0.2) is 31.2 Å². The van der Waals surface area contributed by atoms with Gasteiger partial charge in [0.2, 0.25) is 0 Å². The monoisotopic (exact) mass is 357 g/mol. The molecule has 2 aromatic carbocycles. The summed E-state index contributed by atoms with van der Waals surface area (Å²) in [5.41, 5.74) is 5.08. The summed E-state index contributed by atoms with van der Waals surface area (Å²) in [5.74, 6) is 0. The lowest BCUT2D eigenvalue weighted by atomic mass is 10.1. The molecule has 0 unspecified atom stereocenters. The smallest absolute Gasteiger partial charge is 0.186 e. The summed E-state index contributed by atoms with van der Waals surface area (Å²) in [7, 11) is 0. The zero-order valence-corrected chi connectivity index (χ0v) is 15.5.